The fraction of sp³-hybridized carbons (Fsp3) is 0.909. The molecule has 3 saturated carbocycles. The molecule has 0 aliphatic heterocycles. The first-order chi connectivity index (χ1) is 12.1. The van der Waals surface area contributed by atoms with Crippen LogP contribution in [0.3, 0.4) is 0 Å². The van der Waals surface area contributed by atoms with Crippen molar-refractivity contribution in [3.63, 3.8) is 0 Å². The van der Waals surface area contributed by atoms with Crippen molar-refractivity contribution in [2.24, 2.45) is 29.6 Å². The quantitative estimate of drug-likeness (QED) is 0.466. The van der Waals surface area contributed by atoms with Crippen LogP contribution in [0.25, 0.3) is 0 Å². The molecule has 0 N–H and O–H groups in total. The minimum atomic E-state index is -1.89. The summed E-state index contributed by atoms with van der Waals surface area (Å²) in [5.41, 5.74) is 0. The van der Waals surface area contributed by atoms with Crippen molar-refractivity contribution in [2.45, 2.75) is 95.6 Å². The predicted molar refractivity (Wildman–Crippen MR) is 97.7 cm³/mol. The fourth-order valence-electron chi connectivity index (χ4n) is 5.68. The monoisotopic (exact) mass is 356 g/mol. The van der Waals surface area contributed by atoms with E-state index < -0.39 is 18.5 Å². The minimum Gasteiger partial charge on any atom is -0.244 e. The van der Waals surface area contributed by atoms with Gasteiger partial charge in [-0.3, -0.25) is 0 Å². The molecule has 3 heteroatoms. The second-order valence-corrected chi connectivity index (χ2v) is 9.08. The van der Waals surface area contributed by atoms with Gasteiger partial charge in [-0.1, -0.05) is 31.8 Å². The van der Waals surface area contributed by atoms with Crippen LogP contribution in [-0.4, -0.2) is 18.5 Å². The van der Waals surface area contributed by atoms with Gasteiger partial charge in [0.1, 0.15) is 12.3 Å². The Morgan fingerprint density at radius 2 is 1.16 bits per heavy atom. The highest BCUT2D eigenvalue weighted by atomic mass is 19.2. The minimum absolute atomic E-state index is 0.0622. The Bertz CT molecular complexity index is 395. The van der Waals surface area contributed by atoms with Crippen molar-refractivity contribution in [3.05, 3.63) is 12.7 Å². The lowest BCUT2D eigenvalue weighted by atomic mass is 9.69. The number of hydrogen-bond acceptors (Lipinski definition) is 0. The number of rotatable bonds is 5. The largest absolute Gasteiger partial charge is 0.244 e. The lowest BCUT2D eigenvalue weighted by Crippen LogP contribution is -2.40. The summed E-state index contributed by atoms with van der Waals surface area (Å²) in [4.78, 5) is 0. The molecule has 3 rings (SSSR count). The average molecular weight is 357 g/mol. The van der Waals surface area contributed by atoms with Gasteiger partial charge in [0.05, 0.1) is 0 Å². The molecule has 0 aromatic carbocycles. The summed E-state index contributed by atoms with van der Waals surface area (Å²) < 4.78 is 40.7. The summed E-state index contributed by atoms with van der Waals surface area (Å²) >= 11 is 0. The first kappa shape index (κ1) is 19.3. The summed E-state index contributed by atoms with van der Waals surface area (Å²) in [5, 5.41) is 0. The van der Waals surface area contributed by atoms with E-state index in [4.69, 9.17) is 0 Å². The molecule has 3 aliphatic rings. The van der Waals surface area contributed by atoms with Gasteiger partial charge < -0.3 is 0 Å². The van der Waals surface area contributed by atoms with E-state index in [1.165, 1.54) is 51.4 Å². The van der Waals surface area contributed by atoms with Gasteiger partial charge >= 0.3 is 0 Å². The number of alkyl halides is 3. The normalized spacial score (nSPS) is 45.9. The first-order valence-corrected chi connectivity index (χ1v) is 10.6. The van der Waals surface area contributed by atoms with Gasteiger partial charge in [-0.25, -0.2) is 13.2 Å². The predicted octanol–water partition coefficient (Wildman–Crippen LogP) is 6.99. The van der Waals surface area contributed by atoms with Gasteiger partial charge in [-0.15, -0.1) is 6.58 Å². The molecule has 0 aromatic heterocycles. The van der Waals surface area contributed by atoms with Crippen LogP contribution < -0.4 is 0 Å². The lowest BCUT2D eigenvalue weighted by molar-refractivity contribution is -0.00480. The number of hydrogen-bond donors (Lipinski definition) is 0. The molecule has 0 amide bonds. The van der Waals surface area contributed by atoms with Gasteiger partial charge in [-0.05, 0) is 81.0 Å². The molecule has 0 spiro atoms. The molecular formula is C22H35F3. The second kappa shape index (κ2) is 8.95. The molecule has 0 heterocycles. The van der Waals surface area contributed by atoms with Crippen molar-refractivity contribution in [1.82, 2.24) is 0 Å². The number of halogens is 3. The van der Waals surface area contributed by atoms with Crippen LogP contribution in [-0.2, 0) is 0 Å². The van der Waals surface area contributed by atoms with Crippen molar-refractivity contribution in [1.29, 1.82) is 0 Å². The second-order valence-electron chi connectivity index (χ2n) is 9.08. The molecule has 144 valence electrons. The molecule has 2 unspecified atom stereocenters. The molecule has 0 nitrogen and oxygen atoms in total. The van der Waals surface area contributed by atoms with Gasteiger partial charge in [0.25, 0.3) is 0 Å². The maximum atomic E-state index is 13.7. The van der Waals surface area contributed by atoms with E-state index in [1.54, 1.807) is 0 Å². The molecule has 3 aliphatic carbocycles. The van der Waals surface area contributed by atoms with Crippen LogP contribution in [0.4, 0.5) is 13.2 Å². The van der Waals surface area contributed by atoms with E-state index in [9.17, 15) is 13.2 Å². The zero-order chi connectivity index (χ0) is 17.8. The van der Waals surface area contributed by atoms with Crippen LogP contribution in [0.15, 0.2) is 12.7 Å². The average Bonchev–Trinajstić information content (AvgIpc) is 2.65. The summed E-state index contributed by atoms with van der Waals surface area (Å²) in [7, 11) is 0. The summed E-state index contributed by atoms with van der Waals surface area (Å²) in [6.45, 7) is 3.92. The maximum Gasteiger partial charge on any atom is 0.162 e. The third-order valence-electron chi connectivity index (χ3n) is 7.51. The van der Waals surface area contributed by atoms with Crippen LogP contribution in [0.2, 0.25) is 0 Å². The summed E-state index contributed by atoms with van der Waals surface area (Å²) in [6, 6.07) is 0. The Morgan fingerprint density at radius 3 is 1.64 bits per heavy atom. The molecular weight excluding hydrogens is 321 g/mol. The molecule has 25 heavy (non-hydrogen) atoms. The highest BCUT2D eigenvalue weighted by molar-refractivity contribution is 4.91. The van der Waals surface area contributed by atoms with Crippen LogP contribution in [0, 0.1) is 29.6 Å². The molecule has 3 fully saturated rings. The maximum absolute atomic E-state index is 13.7. The van der Waals surface area contributed by atoms with Gasteiger partial charge in [0.15, 0.2) is 6.17 Å². The smallest absolute Gasteiger partial charge is 0.162 e. The van der Waals surface area contributed by atoms with E-state index in [0.717, 1.165) is 30.6 Å². The molecule has 0 aromatic rings. The van der Waals surface area contributed by atoms with E-state index in [0.29, 0.717) is 5.92 Å². The van der Waals surface area contributed by atoms with Crippen LogP contribution >= 0.6 is 0 Å². The molecule has 0 bridgehead atoms. The topological polar surface area (TPSA) is 0 Å². The van der Waals surface area contributed by atoms with E-state index >= 15 is 0 Å². The standard InChI is InChI=1S/C22H35F3/c1-2-15-3-5-16(6-4-15)7-8-17-9-11-18(12-10-17)19-13-20(23)22(25)21(24)14-19/h2,15-22H,1,3-14H2. The Balaban J connectivity index is 1.35. The van der Waals surface area contributed by atoms with E-state index in [2.05, 4.69) is 12.7 Å². The third-order valence-corrected chi connectivity index (χ3v) is 7.51. The summed E-state index contributed by atoms with van der Waals surface area (Å²) in [5.74, 6) is 2.92. The molecule has 0 radical (unpaired) electrons. The van der Waals surface area contributed by atoms with E-state index in [1.807, 2.05) is 0 Å². The lowest BCUT2D eigenvalue weighted by Gasteiger charge is -2.39. The Morgan fingerprint density at radius 1 is 0.680 bits per heavy atom. The van der Waals surface area contributed by atoms with Crippen molar-refractivity contribution >= 4 is 0 Å². The van der Waals surface area contributed by atoms with Crippen LogP contribution in [0.5, 0.6) is 0 Å². The van der Waals surface area contributed by atoms with Gasteiger partial charge in [0, 0.05) is 0 Å². The number of allylic oxidation sites excluding steroid dienone is 1. The van der Waals surface area contributed by atoms with Crippen molar-refractivity contribution < 1.29 is 13.2 Å². The SMILES string of the molecule is C=CC1CCC(CCC2CCC(C3CC(F)C(F)C(F)C3)CC2)CC1. The highest BCUT2D eigenvalue weighted by Crippen LogP contribution is 2.43. The zero-order valence-electron chi connectivity index (χ0n) is 15.5. The van der Waals surface area contributed by atoms with Gasteiger partial charge in [-0.2, -0.15) is 0 Å². The van der Waals surface area contributed by atoms with Crippen molar-refractivity contribution in [3.8, 4) is 0 Å². The van der Waals surface area contributed by atoms with Gasteiger partial charge in [0.2, 0.25) is 0 Å². The highest BCUT2D eigenvalue weighted by Gasteiger charge is 2.42. The van der Waals surface area contributed by atoms with E-state index in [-0.39, 0.29) is 18.8 Å². The summed E-state index contributed by atoms with van der Waals surface area (Å²) in [6.07, 6.45) is 10.2. The zero-order valence-corrected chi connectivity index (χ0v) is 15.5. The van der Waals surface area contributed by atoms with Crippen molar-refractivity contribution in [2.75, 3.05) is 0 Å². The first-order valence-electron chi connectivity index (χ1n) is 10.6. The Labute approximate surface area is 151 Å². The fourth-order valence-corrected chi connectivity index (χ4v) is 5.68. The molecule has 2 atom stereocenters. The molecule has 0 saturated heterocycles. The third kappa shape index (κ3) is 5.04. The Kier molecular flexibility index (Phi) is 6.91. The Hall–Kier alpha value is -0.470. The van der Waals surface area contributed by atoms with Crippen LogP contribution in [0.1, 0.15) is 77.0 Å².